The van der Waals surface area contributed by atoms with Gasteiger partial charge in [0.1, 0.15) is 5.82 Å². The maximum absolute atomic E-state index is 6.01. The van der Waals surface area contributed by atoms with Crippen LogP contribution in [-0.2, 0) is 5.41 Å². The number of nitrogens with zero attached hydrogens (tertiary/aromatic N) is 2. The third-order valence-corrected chi connectivity index (χ3v) is 4.09. The van der Waals surface area contributed by atoms with Crippen molar-refractivity contribution in [3.63, 3.8) is 0 Å². The highest BCUT2D eigenvalue weighted by molar-refractivity contribution is 5.48. The minimum atomic E-state index is -0.137. The number of hydrogen-bond donors (Lipinski definition) is 2. The van der Waals surface area contributed by atoms with Crippen LogP contribution in [0.5, 0.6) is 5.88 Å². The quantitative estimate of drug-likeness (QED) is 0.658. The Kier molecular flexibility index (Phi) is 5.04. The highest BCUT2D eigenvalue weighted by atomic mass is 16.5. The number of aromatic nitrogens is 2. The van der Waals surface area contributed by atoms with Crippen molar-refractivity contribution in [2.75, 3.05) is 12.0 Å². The number of hydrogen-bond acceptors (Lipinski definition) is 5. The lowest BCUT2D eigenvalue weighted by atomic mass is 9.90. The fourth-order valence-electron chi connectivity index (χ4n) is 2.66. The molecule has 5 heteroatoms. The zero-order valence-electron chi connectivity index (χ0n) is 13.7. The van der Waals surface area contributed by atoms with Gasteiger partial charge in [0, 0.05) is 5.41 Å². The summed E-state index contributed by atoms with van der Waals surface area (Å²) in [4.78, 5) is 9.10. The molecule has 1 heterocycles. The molecule has 0 saturated heterocycles. The van der Waals surface area contributed by atoms with E-state index in [1.807, 2.05) is 6.92 Å². The Labute approximate surface area is 127 Å². The Morgan fingerprint density at radius 3 is 2.43 bits per heavy atom. The van der Waals surface area contributed by atoms with E-state index in [0.717, 1.165) is 18.0 Å². The van der Waals surface area contributed by atoms with Crippen LogP contribution in [0.3, 0.4) is 0 Å². The van der Waals surface area contributed by atoms with Crippen molar-refractivity contribution in [1.82, 2.24) is 9.97 Å². The lowest BCUT2D eigenvalue weighted by Gasteiger charge is -2.23. The summed E-state index contributed by atoms with van der Waals surface area (Å²) < 4.78 is 6.01. The average Bonchev–Trinajstić information content (AvgIpc) is 2.46. The van der Waals surface area contributed by atoms with Gasteiger partial charge in [0.25, 0.3) is 0 Å². The molecule has 2 rings (SSSR count). The predicted molar refractivity (Wildman–Crippen MR) is 85.3 cm³/mol. The van der Waals surface area contributed by atoms with E-state index >= 15 is 0 Å². The largest absolute Gasteiger partial charge is 0.477 e. The molecule has 0 unspecified atom stereocenters. The van der Waals surface area contributed by atoms with Gasteiger partial charge in [0.05, 0.1) is 12.2 Å². The first kappa shape index (κ1) is 16.0. The van der Waals surface area contributed by atoms with E-state index in [9.17, 15) is 0 Å². The fourth-order valence-corrected chi connectivity index (χ4v) is 2.66. The normalized spacial score (nSPS) is 16.8. The maximum Gasteiger partial charge on any atom is 0.221 e. The predicted octanol–water partition coefficient (Wildman–Crippen LogP) is 3.33. The molecular formula is C16H28N4O. The summed E-state index contributed by atoms with van der Waals surface area (Å²) in [7, 11) is 0. The van der Waals surface area contributed by atoms with E-state index in [2.05, 4.69) is 36.2 Å². The summed E-state index contributed by atoms with van der Waals surface area (Å²) in [6.45, 7) is 8.94. The van der Waals surface area contributed by atoms with Crippen molar-refractivity contribution in [2.45, 2.75) is 65.2 Å². The molecule has 118 valence electrons. The second-order valence-electron chi connectivity index (χ2n) is 7.04. The van der Waals surface area contributed by atoms with Crippen molar-refractivity contribution in [3.05, 3.63) is 11.4 Å². The van der Waals surface area contributed by atoms with Crippen LogP contribution in [0.2, 0.25) is 0 Å². The van der Waals surface area contributed by atoms with E-state index in [4.69, 9.17) is 10.6 Å². The molecule has 5 nitrogen and oxygen atoms in total. The molecule has 21 heavy (non-hydrogen) atoms. The zero-order valence-corrected chi connectivity index (χ0v) is 13.7. The van der Waals surface area contributed by atoms with Gasteiger partial charge in [-0.3, -0.25) is 0 Å². The van der Waals surface area contributed by atoms with Crippen LogP contribution in [0.4, 0.5) is 5.82 Å². The van der Waals surface area contributed by atoms with Crippen LogP contribution in [0, 0.1) is 12.8 Å². The fraction of sp³-hybridized carbons (Fsp3) is 0.750. The number of nitrogen functional groups attached to an aromatic ring is 1. The summed E-state index contributed by atoms with van der Waals surface area (Å²) in [5, 5.41) is 0. The summed E-state index contributed by atoms with van der Waals surface area (Å²) >= 11 is 0. The van der Waals surface area contributed by atoms with Crippen molar-refractivity contribution in [3.8, 4) is 5.88 Å². The Morgan fingerprint density at radius 2 is 1.86 bits per heavy atom. The lowest BCUT2D eigenvalue weighted by Crippen LogP contribution is -2.22. The number of rotatable bonds is 4. The lowest BCUT2D eigenvalue weighted by molar-refractivity contribution is 0.200. The molecule has 3 N–H and O–H groups in total. The first-order chi connectivity index (χ1) is 9.91. The molecule has 1 aliphatic carbocycles. The Bertz CT molecular complexity index is 476. The molecule has 1 aliphatic rings. The van der Waals surface area contributed by atoms with Crippen molar-refractivity contribution >= 4 is 5.82 Å². The standard InChI is InChI=1S/C16H28N4O/c1-11-13(20-17)18-15(16(2,3)4)19-14(11)21-10-12-8-6-5-7-9-12/h12H,5-10,17H2,1-4H3,(H,18,19,20). The number of hydrazine groups is 1. The molecule has 0 atom stereocenters. The number of ether oxygens (including phenoxy) is 1. The second-order valence-corrected chi connectivity index (χ2v) is 7.04. The van der Waals surface area contributed by atoms with Crippen molar-refractivity contribution < 1.29 is 4.74 Å². The SMILES string of the molecule is Cc1c(NN)nc(C(C)(C)C)nc1OCC1CCCCC1. The molecule has 0 bridgehead atoms. The van der Waals surface area contributed by atoms with Crippen LogP contribution in [0.15, 0.2) is 0 Å². The van der Waals surface area contributed by atoms with E-state index in [1.54, 1.807) is 0 Å². The van der Waals surface area contributed by atoms with Gasteiger partial charge in [-0.05, 0) is 25.7 Å². The summed E-state index contributed by atoms with van der Waals surface area (Å²) in [5.74, 6) is 8.29. The summed E-state index contributed by atoms with van der Waals surface area (Å²) in [5.41, 5.74) is 3.39. The second kappa shape index (κ2) is 6.60. The molecule has 1 fully saturated rings. The van der Waals surface area contributed by atoms with E-state index in [-0.39, 0.29) is 5.41 Å². The molecule has 1 saturated carbocycles. The first-order valence-corrected chi connectivity index (χ1v) is 7.90. The van der Waals surface area contributed by atoms with Gasteiger partial charge in [-0.15, -0.1) is 0 Å². The van der Waals surface area contributed by atoms with Gasteiger partial charge in [-0.1, -0.05) is 40.0 Å². The molecule has 1 aromatic rings. The molecule has 0 amide bonds. The Balaban J connectivity index is 2.16. The molecule has 0 aromatic carbocycles. The molecule has 0 aliphatic heterocycles. The van der Waals surface area contributed by atoms with Crippen LogP contribution >= 0.6 is 0 Å². The van der Waals surface area contributed by atoms with Gasteiger partial charge < -0.3 is 10.2 Å². The van der Waals surface area contributed by atoms with Gasteiger partial charge in [0.15, 0.2) is 5.82 Å². The minimum Gasteiger partial charge on any atom is -0.477 e. The molecule has 1 aromatic heterocycles. The number of anilines is 1. The highest BCUT2D eigenvalue weighted by Crippen LogP contribution is 2.29. The molecule has 0 radical (unpaired) electrons. The van der Waals surface area contributed by atoms with Crippen LogP contribution in [0.1, 0.15) is 64.3 Å². The van der Waals surface area contributed by atoms with E-state index < -0.39 is 0 Å². The van der Waals surface area contributed by atoms with Gasteiger partial charge in [-0.2, -0.15) is 4.98 Å². The third-order valence-electron chi connectivity index (χ3n) is 4.09. The Hall–Kier alpha value is -1.36. The minimum absolute atomic E-state index is 0.137. The third kappa shape index (κ3) is 4.06. The van der Waals surface area contributed by atoms with Crippen LogP contribution < -0.4 is 16.0 Å². The smallest absolute Gasteiger partial charge is 0.221 e. The van der Waals surface area contributed by atoms with Gasteiger partial charge in [-0.25, -0.2) is 10.8 Å². The molecular weight excluding hydrogens is 264 g/mol. The highest BCUT2D eigenvalue weighted by Gasteiger charge is 2.22. The Morgan fingerprint density at radius 1 is 1.19 bits per heavy atom. The average molecular weight is 292 g/mol. The maximum atomic E-state index is 6.01. The first-order valence-electron chi connectivity index (χ1n) is 7.90. The van der Waals surface area contributed by atoms with Crippen LogP contribution in [-0.4, -0.2) is 16.6 Å². The summed E-state index contributed by atoms with van der Waals surface area (Å²) in [6, 6.07) is 0. The monoisotopic (exact) mass is 292 g/mol. The van der Waals surface area contributed by atoms with Crippen molar-refractivity contribution in [2.24, 2.45) is 11.8 Å². The van der Waals surface area contributed by atoms with Crippen molar-refractivity contribution in [1.29, 1.82) is 0 Å². The zero-order chi connectivity index (χ0) is 15.5. The summed E-state index contributed by atoms with van der Waals surface area (Å²) in [6.07, 6.45) is 6.52. The number of nitrogens with two attached hydrogens (primary N) is 1. The van der Waals surface area contributed by atoms with Crippen LogP contribution in [0.25, 0.3) is 0 Å². The van der Waals surface area contributed by atoms with E-state index in [1.165, 1.54) is 32.1 Å². The topological polar surface area (TPSA) is 73.1 Å². The number of nitrogens with one attached hydrogen (secondary N) is 1. The van der Waals surface area contributed by atoms with Gasteiger partial charge >= 0.3 is 0 Å². The van der Waals surface area contributed by atoms with E-state index in [0.29, 0.717) is 17.6 Å². The molecule has 0 spiro atoms. The van der Waals surface area contributed by atoms with Gasteiger partial charge in [0.2, 0.25) is 5.88 Å².